The summed E-state index contributed by atoms with van der Waals surface area (Å²) in [6.45, 7) is 4.43. The van der Waals surface area contributed by atoms with Crippen molar-refractivity contribution in [2.45, 2.75) is 13.8 Å². The maximum absolute atomic E-state index is 2.39. The van der Waals surface area contributed by atoms with Crippen molar-refractivity contribution in [3.8, 4) is 0 Å². The van der Waals surface area contributed by atoms with E-state index in [1.807, 2.05) is 11.3 Å². The van der Waals surface area contributed by atoms with E-state index in [1.54, 1.807) is 0 Å². The third-order valence-electron chi connectivity index (χ3n) is 4.71. The number of benzene rings is 1. The zero-order valence-corrected chi connectivity index (χ0v) is 13.1. The van der Waals surface area contributed by atoms with Gasteiger partial charge in [0.25, 0.3) is 0 Å². The molecule has 0 radical (unpaired) electrons. The van der Waals surface area contributed by atoms with E-state index in [-0.39, 0.29) is 0 Å². The minimum absolute atomic E-state index is 1.33. The Balaban J connectivity index is 2.34. The first-order valence-electron chi connectivity index (χ1n) is 7.18. The van der Waals surface area contributed by atoms with E-state index in [1.165, 1.54) is 48.5 Å². The van der Waals surface area contributed by atoms with Gasteiger partial charge in [-0.05, 0) is 25.0 Å². The minimum Gasteiger partial charge on any atom is -0.314 e. The average Bonchev–Trinajstić information content (AvgIpc) is 3.02. The molecule has 0 aliphatic heterocycles. The van der Waals surface area contributed by atoms with Crippen LogP contribution in [0.2, 0.25) is 0 Å². The Hall–Kier alpha value is -2.13. The second-order valence-electron chi connectivity index (χ2n) is 5.97. The lowest BCUT2D eigenvalue weighted by atomic mass is 10.0. The molecular weight excluding hydrogens is 276 g/mol. The maximum Gasteiger partial charge on any atom is 0.225 e. The van der Waals surface area contributed by atoms with Crippen LogP contribution in [0.5, 0.6) is 0 Å². The van der Waals surface area contributed by atoms with Crippen molar-refractivity contribution < 1.29 is 4.57 Å². The largest absolute Gasteiger partial charge is 0.314 e. The molecule has 4 aromatic heterocycles. The van der Waals surface area contributed by atoms with Crippen molar-refractivity contribution in [3.63, 3.8) is 0 Å². The Morgan fingerprint density at radius 2 is 1.90 bits per heavy atom. The van der Waals surface area contributed by atoms with Crippen molar-refractivity contribution in [3.05, 3.63) is 47.1 Å². The van der Waals surface area contributed by atoms with Gasteiger partial charge in [0.2, 0.25) is 5.52 Å². The summed E-state index contributed by atoms with van der Waals surface area (Å²) in [5.74, 6) is 0. The Kier molecular flexibility index (Phi) is 1.95. The first kappa shape index (κ1) is 11.5. The van der Waals surface area contributed by atoms with Gasteiger partial charge in [0.1, 0.15) is 7.05 Å². The molecule has 0 spiro atoms. The Morgan fingerprint density at radius 1 is 1.05 bits per heavy atom. The van der Waals surface area contributed by atoms with Crippen LogP contribution in [0.25, 0.3) is 37.4 Å². The Morgan fingerprint density at radius 3 is 2.76 bits per heavy atom. The van der Waals surface area contributed by atoms with Gasteiger partial charge in [0.15, 0.2) is 6.20 Å². The summed E-state index contributed by atoms with van der Waals surface area (Å²) in [7, 11) is 2.15. The number of rotatable bonds is 0. The average molecular weight is 291 g/mol. The fourth-order valence-corrected chi connectivity index (χ4v) is 4.64. The number of fused-ring (bicyclic) bond motifs is 2. The predicted octanol–water partition coefficient (Wildman–Crippen LogP) is 4.34. The van der Waals surface area contributed by atoms with Gasteiger partial charge in [-0.25, -0.2) is 4.57 Å². The van der Waals surface area contributed by atoms with Crippen LogP contribution in [-0.2, 0) is 7.05 Å². The van der Waals surface area contributed by atoms with E-state index in [4.69, 9.17) is 0 Å². The van der Waals surface area contributed by atoms with Crippen molar-refractivity contribution in [1.29, 1.82) is 0 Å². The SMILES string of the molecule is Cc1cn2c3csc4cc[n+](C)c(c5c(C)ccc1c52)c43. The molecule has 3 heteroatoms. The van der Waals surface area contributed by atoms with E-state index < -0.39 is 0 Å². The van der Waals surface area contributed by atoms with Crippen molar-refractivity contribution in [2.75, 3.05) is 0 Å². The van der Waals surface area contributed by atoms with Crippen LogP contribution < -0.4 is 4.57 Å². The van der Waals surface area contributed by atoms with Gasteiger partial charge in [0.05, 0.1) is 21.8 Å². The fourth-order valence-electron chi connectivity index (χ4n) is 3.71. The molecule has 0 bridgehead atoms. The van der Waals surface area contributed by atoms with Crippen molar-refractivity contribution in [1.82, 2.24) is 4.40 Å². The highest BCUT2D eigenvalue weighted by molar-refractivity contribution is 7.18. The predicted molar refractivity (Wildman–Crippen MR) is 89.6 cm³/mol. The lowest BCUT2D eigenvalue weighted by Gasteiger charge is -2.08. The summed E-state index contributed by atoms with van der Waals surface area (Å²) < 4.78 is 6.02. The summed E-state index contributed by atoms with van der Waals surface area (Å²) in [6.07, 6.45) is 4.46. The zero-order valence-electron chi connectivity index (χ0n) is 12.3. The molecule has 2 nitrogen and oxygen atoms in total. The number of aromatic nitrogens is 2. The quantitative estimate of drug-likeness (QED) is 0.296. The van der Waals surface area contributed by atoms with Crippen LogP contribution in [0.4, 0.5) is 0 Å². The smallest absolute Gasteiger partial charge is 0.225 e. The number of thiophene rings is 1. The number of hydrogen-bond donors (Lipinski definition) is 0. The molecular formula is C18H15N2S+. The van der Waals surface area contributed by atoms with Gasteiger partial charge in [-0.1, -0.05) is 12.1 Å². The van der Waals surface area contributed by atoms with Gasteiger partial charge in [-0.3, -0.25) is 0 Å². The molecule has 0 fully saturated rings. The van der Waals surface area contributed by atoms with Crippen LogP contribution in [0.1, 0.15) is 11.1 Å². The standard InChI is InChI=1S/C18H15N2S/c1-10-4-5-12-11(2)8-20-13-9-21-14-6-7-19(3)18(16(13)14)15(10)17(12)20/h4-9H,1-3H3/q+1. The number of aryl methyl sites for hydroxylation is 3. The summed E-state index contributed by atoms with van der Waals surface area (Å²) in [6, 6.07) is 6.74. The van der Waals surface area contributed by atoms with Crippen LogP contribution >= 0.6 is 11.3 Å². The van der Waals surface area contributed by atoms with Gasteiger partial charge in [-0.2, -0.15) is 0 Å². The van der Waals surface area contributed by atoms with E-state index in [2.05, 4.69) is 65.8 Å². The highest BCUT2D eigenvalue weighted by Gasteiger charge is 2.22. The molecule has 4 heterocycles. The number of pyridine rings is 2. The third-order valence-corrected chi connectivity index (χ3v) is 5.65. The Bertz CT molecular complexity index is 1160. The molecule has 0 aliphatic carbocycles. The number of hydrogen-bond acceptors (Lipinski definition) is 1. The summed E-state index contributed by atoms with van der Waals surface area (Å²) in [5, 5.41) is 6.44. The highest BCUT2D eigenvalue weighted by atomic mass is 32.1. The normalized spacial score (nSPS) is 12.5. The lowest BCUT2D eigenvalue weighted by molar-refractivity contribution is -0.643. The van der Waals surface area contributed by atoms with Crippen LogP contribution in [0, 0.1) is 13.8 Å². The molecule has 0 N–H and O–H groups in total. The van der Waals surface area contributed by atoms with Crippen molar-refractivity contribution >= 4 is 48.7 Å². The minimum atomic E-state index is 1.33. The molecule has 0 amide bonds. The molecule has 5 rings (SSSR count). The molecule has 5 aromatic rings. The van der Waals surface area contributed by atoms with Crippen LogP contribution in [0.15, 0.2) is 36.0 Å². The molecule has 0 saturated carbocycles. The van der Waals surface area contributed by atoms with E-state index in [0.717, 1.165) is 0 Å². The second kappa shape index (κ2) is 3.55. The second-order valence-corrected chi connectivity index (χ2v) is 6.88. The lowest BCUT2D eigenvalue weighted by Crippen LogP contribution is -2.28. The highest BCUT2D eigenvalue weighted by Crippen LogP contribution is 2.39. The van der Waals surface area contributed by atoms with E-state index in [0.29, 0.717) is 0 Å². The first-order chi connectivity index (χ1) is 10.2. The van der Waals surface area contributed by atoms with Gasteiger partial charge >= 0.3 is 0 Å². The summed E-state index contributed by atoms with van der Waals surface area (Å²) >= 11 is 1.84. The molecule has 0 unspecified atom stereocenters. The molecule has 0 aliphatic rings. The Labute approximate surface area is 126 Å². The monoisotopic (exact) mass is 291 g/mol. The molecule has 1 aromatic carbocycles. The third kappa shape index (κ3) is 1.21. The maximum atomic E-state index is 2.39. The number of nitrogens with zero attached hydrogens (tertiary/aromatic N) is 2. The topological polar surface area (TPSA) is 8.29 Å². The van der Waals surface area contributed by atoms with Crippen molar-refractivity contribution in [2.24, 2.45) is 7.05 Å². The summed E-state index contributed by atoms with van der Waals surface area (Å²) in [4.78, 5) is 0. The fraction of sp³-hybridized carbons (Fsp3) is 0.167. The van der Waals surface area contributed by atoms with Gasteiger partial charge in [-0.15, -0.1) is 11.3 Å². The van der Waals surface area contributed by atoms with Crippen LogP contribution in [0.3, 0.4) is 0 Å². The molecule has 102 valence electrons. The zero-order chi connectivity index (χ0) is 14.3. The van der Waals surface area contributed by atoms with Gasteiger partial charge in [0, 0.05) is 27.7 Å². The van der Waals surface area contributed by atoms with Gasteiger partial charge < -0.3 is 4.40 Å². The molecule has 21 heavy (non-hydrogen) atoms. The van der Waals surface area contributed by atoms with E-state index in [9.17, 15) is 0 Å². The molecule has 0 atom stereocenters. The summed E-state index contributed by atoms with van der Waals surface area (Å²) in [5.41, 5.74) is 6.75. The molecule has 0 saturated heterocycles. The van der Waals surface area contributed by atoms with E-state index >= 15 is 0 Å². The van der Waals surface area contributed by atoms with Crippen LogP contribution in [-0.4, -0.2) is 4.40 Å². The first-order valence-corrected chi connectivity index (χ1v) is 8.06.